The maximum atomic E-state index is 5.79. The second-order valence-electron chi connectivity index (χ2n) is 8.53. The lowest BCUT2D eigenvalue weighted by Crippen LogP contribution is -2.37. The van der Waals surface area contributed by atoms with E-state index >= 15 is 0 Å². The summed E-state index contributed by atoms with van der Waals surface area (Å²) < 4.78 is 11.3. The van der Waals surface area contributed by atoms with Crippen LogP contribution in [0, 0.1) is 0 Å². The Hall–Kier alpha value is -4.05. The van der Waals surface area contributed by atoms with Crippen molar-refractivity contribution >= 4 is 23.4 Å². The minimum Gasteiger partial charge on any atom is -0.378 e. The van der Waals surface area contributed by atoms with Gasteiger partial charge in [-0.2, -0.15) is 9.97 Å². The van der Waals surface area contributed by atoms with Crippen molar-refractivity contribution in [3.63, 3.8) is 0 Å². The molecule has 4 aromatic rings. The Morgan fingerprint density at radius 1 is 0.857 bits per heavy atom. The van der Waals surface area contributed by atoms with Crippen LogP contribution in [0.25, 0.3) is 11.4 Å². The van der Waals surface area contributed by atoms with Gasteiger partial charge in [0.15, 0.2) is 5.76 Å². The molecule has 6 rings (SSSR count). The summed E-state index contributed by atoms with van der Waals surface area (Å²) in [6.07, 6.45) is 5.46. The van der Waals surface area contributed by atoms with E-state index in [-0.39, 0.29) is 6.04 Å². The highest BCUT2D eigenvalue weighted by Crippen LogP contribution is 2.37. The van der Waals surface area contributed by atoms with Crippen LogP contribution >= 0.6 is 0 Å². The van der Waals surface area contributed by atoms with Gasteiger partial charge in [0.25, 0.3) is 0 Å². The highest BCUT2D eigenvalue weighted by molar-refractivity contribution is 5.61. The minimum absolute atomic E-state index is 0.00241. The lowest BCUT2D eigenvalue weighted by atomic mass is 10.1. The van der Waals surface area contributed by atoms with Gasteiger partial charge in [-0.05, 0) is 37.1 Å². The second-order valence-corrected chi connectivity index (χ2v) is 8.53. The number of hydrogen-bond acceptors (Lipinski definition) is 10. The Morgan fingerprint density at radius 3 is 2.51 bits per heavy atom. The van der Waals surface area contributed by atoms with Crippen molar-refractivity contribution in [1.82, 2.24) is 25.1 Å². The topological polar surface area (TPSA) is 105 Å². The third-order valence-corrected chi connectivity index (χ3v) is 6.25. The predicted molar refractivity (Wildman–Crippen MR) is 132 cm³/mol. The molecule has 0 radical (unpaired) electrons. The summed E-state index contributed by atoms with van der Waals surface area (Å²) in [6, 6.07) is 15.5. The molecule has 2 fully saturated rings. The predicted octanol–water partition coefficient (Wildman–Crippen LogP) is 3.84. The van der Waals surface area contributed by atoms with Crippen LogP contribution in [-0.4, -0.2) is 57.9 Å². The summed E-state index contributed by atoms with van der Waals surface area (Å²) in [5, 5.41) is 7.61. The molecule has 0 unspecified atom stereocenters. The molecule has 2 saturated heterocycles. The van der Waals surface area contributed by atoms with Gasteiger partial charge in [0, 0.05) is 44.2 Å². The molecule has 4 aromatic heterocycles. The molecular formula is C25H26N8O2. The molecule has 2 aliphatic rings. The second kappa shape index (κ2) is 9.67. The van der Waals surface area contributed by atoms with Gasteiger partial charge in [-0.1, -0.05) is 17.3 Å². The summed E-state index contributed by atoms with van der Waals surface area (Å²) in [6.45, 7) is 3.78. The Labute approximate surface area is 203 Å². The maximum Gasteiger partial charge on any atom is 0.229 e. The quantitative estimate of drug-likeness (QED) is 0.447. The van der Waals surface area contributed by atoms with Crippen LogP contribution in [0.15, 0.2) is 65.4 Å². The normalized spacial score (nSPS) is 18.1. The Bertz CT molecular complexity index is 1260. The lowest BCUT2D eigenvalue weighted by molar-refractivity contribution is 0.122. The number of pyridine rings is 2. The number of anilines is 4. The highest BCUT2D eigenvalue weighted by atomic mass is 16.5. The summed E-state index contributed by atoms with van der Waals surface area (Å²) in [4.78, 5) is 23.1. The number of aromatic nitrogens is 5. The molecule has 1 atom stereocenters. The molecule has 10 nitrogen and oxygen atoms in total. The van der Waals surface area contributed by atoms with Crippen molar-refractivity contribution in [1.29, 1.82) is 0 Å². The average molecular weight is 471 g/mol. The first kappa shape index (κ1) is 21.5. The summed E-state index contributed by atoms with van der Waals surface area (Å²) in [5.41, 5.74) is 1.52. The van der Waals surface area contributed by atoms with Crippen molar-refractivity contribution < 1.29 is 9.26 Å². The Morgan fingerprint density at radius 2 is 1.71 bits per heavy atom. The smallest absolute Gasteiger partial charge is 0.229 e. The van der Waals surface area contributed by atoms with E-state index in [1.54, 1.807) is 12.4 Å². The van der Waals surface area contributed by atoms with E-state index in [0.717, 1.165) is 61.3 Å². The minimum atomic E-state index is 0.00241. The molecule has 6 heterocycles. The molecule has 0 aliphatic carbocycles. The van der Waals surface area contributed by atoms with Crippen molar-refractivity contribution in [2.75, 3.05) is 48.0 Å². The van der Waals surface area contributed by atoms with Gasteiger partial charge in [-0.15, -0.1) is 0 Å². The van der Waals surface area contributed by atoms with Crippen LogP contribution in [0.1, 0.15) is 24.6 Å². The van der Waals surface area contributed by atoms with Crippen LogP contribution in [0.4, 0.5) is 23.4 Å². The molecule has 0 aromatic carbocycles. The molecule has 2 aliphatic heterocycles. The zero-order valence-electron chi connectivity index (χ0n) is 19.2. The van der Waals surface area contributed by atoms with Crippen LogP contribution < -0.4 is 15.1 Å². The highest BCUT2D eigenvalue weighted by Gasteiger charge is 2.32. The first-order chi connectivity index (χ1) is 17.3. The Kier molecular flexibility index (Phi) is 5.93. The molecule has 0 bridgehead atoms. The molecular weight excluding hydrogens is 444 g/mol. The molecule has 0 spiro atoms. The van der Waals surface area contributed by atoms with Crippen LogP contribution in [-0.2, 0) is 4.74 Å². The van der Waals surface area contributed by atoms with Crippen molar-refractivity contribution in [2.24, 2.45) is 0 Å². The Balaban J connectivity index is 1.33. The maximum absolute atomic E-state index is 5.79. The van der Waals surface area contributed by atoms with Crippen LogP contribution in [0.2, 0.25) is 0 Å². The number of rotatable bonds is 6. The molecule has 10 heteroatoms. The zero-order valence-corrected chi connectivity index (χ0v) is 19.2. The molecule has 0 amide bonds. The summed E-state index contributed by atoms with van der Waals surface area (Å²) in [5.74, 6) is 3.76. The van der Waals surface area contributed by atoms with Gasteiger partial charge in [0.05, 0.1) is 24.9 Å². The third kappa shape index (κ3) is 4.65. The van der Waals surface area contributed by atoms with Gasteiger partial charge in [-0.25, -0.2) is 4.98 Å². The van der Waals surface area contributed by atoms with Crippen LogP contribution in [0.3, 0.4) is 0 Å². The first-order valence-electron chi connectivity index (χ1n) is 11.9. The average Bonchev–Trinajstić information content (AvgIpc) is 3.60. The summed E-state index contributed by atoms with van der Waals surface area (Å²) in [7, 11) is 0. The third-order valence-electron chi connectivity index (χ3n) is 6.25. The van der Waals surface area contributed by atoms with Crippen LogP contribution in [0.5, 0.6) is 0 Å². The van der Waals surface area contributed by atoms with E-state index in [0.29, 0.717) is 25.0 Å². The molecule has 178 valence electrons. The van der Waals surface area contributed by atoms with Crippen molar-refractivity contribution in [3.8, 4) is 11.4 Å². The van der Waals surface area contributed by atoms with Gasteiger partial charge >= 0.3 is 0 Å². The van der Waals surface area contributed by atoms with Crippen molar-refractivity contribution in [2.45, 2.75) is 18.9 Å². The molecule has 35 heavy (non-hydrogen) atoms. The van der Waals surface area contributed by atoms with Gasteiger partial charge in [0.1, 0.15) is 23.1 Å². The number of nitrogens with one attached hydrogen (secondary N) is 1. The molecule has 0 saturated carbocycles. The fourth-order valence-corrected chi connectivity index (χ4v) is 4.52. The number of morpholine rings is 1. The van der Waals surface area contributed by atoms with E-state index in [2.05, 4.69) is 30.2 Å². The van der Waals surface area contributed by atoms with E-state index in [1.807, 2.05) is 48.5 Å². The van der Waals surface area contributed by atoms with Crippen molar-refractivity contribution in [3.05, 3.63) is 66.7 Å². The van der Waals surface area contributed by atoms with E-state index < -0.39 is 0 Å². The van der Waals surface area contributed by atoms with Gasteiger partial charge < -0.3 is 24.4 Å². The van der Waals surface area contributed by atoms with E-state index in [4.69, 9.17) is 19.2 Å². The zero-order chi connectivity index (χ0) is 23.5. The van der Waals surface area contributed by atoms with E-state index in [9.17, 15) is 0 Å². The first-order valence-corrected chi connectivity index (χ1v) is 11.9. The lowest BCUT2D eigenvalue weighted by Gasteiger charge is -2.30. The number of nitrogens with zero attached hydrogens (tertiary/aromatic N) is 7. The monoisotopic (exact) mass is 470 g/mol. The fraction of sp³-hybridized carbons (Fsp3) is 0.320. The molecule has 1 N–H and O–H groups in total. The van der Waals surface area contributed by atoms with Gasteiger partial charge in [-0.3, -0.25) is 4.98 Å². The number of ether oxygens (including phenoxy) is 1. The SMILES string of the molecule is c1ccc(Nc2cc(N3CCOCC3)nc(N3CCC[C@H]3c3cc(-c4ccccn4)no3)n2)nc1. The standard InChI is InChI=1S/C25H26N8O2/c1-3-9-26-18(6-1)19-16-21(35-31-19)20-7-5-11-33(20)25-29-23(28-22-8-2-4-10-27-22)17-24(30-25)32-12-14-34-15-13-32/h1-4,6,8-10,16-17,20H,5,7,11-15H2,(H,27,28,29,30)/t20-/m0/s1. The number of hydrogen-bond donors (Lipinski definition) is 1. The largest absolute Gasteiger partial charge is 0.378 e. The van der Waals surface area contributed by atoms with E-state index in [1.165, 1.54) is 0 Å². The van der Waals surface area contributed by atoms with Gasteiger partial charge in [0.2, 0.25) is 5.95 Å². The fourth-order valence-electron chi connectivity index (χ4n) is 4.52. The summed E-state index contributed by atoms with van der Waals surface area (Å²) >= 11 is 0.